The van der Waals surface area contributed by atoms with Crippen LogP contribution in [0.5, 0.6) is 0 Å². The van der Waals surface area contributed by atoms with Gasteiger partial charge in [0.2, 0.25) is 0 Å². The lowest BCUT2D eigenvalue weighted by Crippen LogP contribution is -2.46. The number of hydrogen-bond acceptors (Lipinski definition) is 2. The Morgan fingerprint density at radius 2 is 1.84 bits per heavy atom. The molecule has 0 bridgehead atoms. The molecule has 0 spiro atoms. The van der Waals surface area contributed by atoms with Gasteiger partial charge >= 0.3 is 12.0 Å². The van der Waals surface area contributed by atoms with Gasteiger partial charge in [0, 0.05) is 13.0 Å². The Labute approximate surface area is 113 Å². The van der Waals surface area contributed by atoms with E-state index in [4.69, 9.17) is 5.11 Å². The Balaban J connectivity index is 2.41. The summed E-state index contributed by atoms with van der Waals surface area (Å²) < 4.78 is 0. The number of hydrogen-bond donors (Lipinski definition) is 3. The molecule has 0 atom stereocenters. The number of carboxylic acid groups (broad SMARTS) is 1. The smallest absolute Gasteiger partial charge is 0.315 e. The van der Waals surface area contributed by atoms with Gasteiger partial charge in [0.05, 0.1) is 5.54 Å². The van der Waals surface area contributed by atoms with Crippen molar-refractivity contribution in [2.45, 2.75) is 32.2 Å². The van der Waals surface area contributed by atoms with Crippen LogP contribution in [-0.4, -0.2) is 23.7 Å². The highest BCUT2D eigenvalue weighted by Crippen LogP contribution is 2.18. The number of carboxylic acids is 1. The number of aliphatic carboxylic acids is 1. The summed E-state index contributed by atoms with van der Waals surface area (Å²) in [6.45, 7) is 4.18. The fourth-order valence-corrected chi connectivity index (χ4v) is 1.70. The van der Waals surface area contributed by atoms with E-state index in [0.717, 1.165) is 5.56 Å². The summed E-state index contributed by atoms with van der Waals surface area (Å²) >= 11 is 0. The van der Waals surface area contributed by atoms with Crippen LogP contribution in [0.3, 0.4) is 0 Å². The maximum absolute atomic E-state index is 11.7. The van der Waals surface area contributed by atoms with E-state index in [1.54, 1.807) is 0 Å². The molecule has 0 aromatic heterocycles. The second-order valence-electron chi connectivity index (χ2n) is 4.87. The van der Waals surface area contributed by atoms with Crippen LogP contribution in [0.25, 0.3) is 0 Å². The normalized spacial score (nSPS) is 10.8. The molecule has 1 aromatic carbocycles. The molecule has 1 aromatic rings. The van der Waals surface area contributed by atoms with Gasteiger partial charge in [0.1, 0.15) is 0 Å². The van der Waals surface area contributed by atoms with E-state index in [0.29, 0.717) is 13.0 Å². The summed E-state index contributed by atoms with van der Waals surface area (Å²) in [5.41, 5.74) is 0.536. The molecule has 0 heterocycles. The van der Waals surface area contributed by atoms with E-state index in [2.05, 4.69) is 10.6 Å². The summed E-state index contributed by atoms with van der Waals surface area (Å²) in [7, 11) is 0. The molecule has 104 valence electrons. The van der Waals surface area contributed by atoms with E-state index >= 15 is 0 Å². The first-order chi connectivity index (χ1) is 8.92. The molecule has 0 saturated heterocycles. The van der Waals surface area contributed by atoms with Crippen molar-refractivity contribution >= 4 is 12.0 Å². The molecule has 0 radical (unpaired) electrons. The third-order valence-electron chi connectivity index (χ3n) is 2.77. The van der Waals surface area contributed by atoms with Crippen molar-refractivity contribution < 1.29 is 14.7 Å². The fourth-order valence-electron chi connectivity index (χ4n) is 1.70. The van der Waals surface area contributed by atoms with Gasteiger partial charge in [-0.3, -0.25) is 4.79 Å². The summed E-state index contributed by atoms with van der Waals surface area (Å²) in [6.07, 6.45) is 0.483. The molecule has 0 aliphatic carbocycles. The average Bonchev–Trinajstić information content (AvgIpc) is 2.35. The van der Waals surface area contributed by atoms with Crippen LogP contribution in [0.1, 0.15) is 32.3 Å². The molecule has 5 nitrogen and oxygen atoms in total. The van der Waals surface area contributed by atoms with Gasteiger partial charge in [-0.05, 0) is 25.8 Å². The summed E-state index contributed by atoms with van der Waals surface area (Å²) in [6, 6.07) is 9.37. The molecule has 0 aliphatic heterocycles. The minimum Gasteiger partial charge on any atom is -0.481 e. The highest BCUT2D eigenvalue weighted by molar-refractivity contribution is 5.75. The van der Waals surface area contributed by atoms with Crippen molar-refractivity contribution in [3.8, 4) is 0 Å². The quantitative estimate of drug-likeness (QED) is 0.688. The highest BCUT2D eigenvalue weighted by atomic mass is 16.4. The van der Waals surface area contributed by atoms with Crippen LogP contribution in [-0.2, 0) is 10.3 Å². The third-order valence-corrected chi connectivity index (χ3v) is 2.77. The minimum atomic E-state index is -0.855. The molecule has 2 amide bonds. The lowest BCUT2D eigenvalue weighted by Gasteiger charge is -2.27. The van der Waals surface area contributed by atoms with Crippen LogP contribution in [0, 0.1) is 0 Å². The van der Waals surface area contributed by atoms with Gasteiger partial charge in [0.15, 0.2) is 0 Å². The van der Waals surface area contributed by atoms with Gasteiger partial charge in [-0.15, -0.1) is 0 Å². The van der Waals surface area contributed by atoms with E-state index in [-0.39, 0.29) is 12.5 Å². The van der Waals surface area contributed by atoms with Crippen LogP contribution in [0.4, 0.5) is 4.79 Å². The second-order valence-corrected chi connectivity index (χ2v) is 4.87. The van der Waals surface area contributed by atoms with Gasteiger partial charge < -0.3 is 15.7 Å². The zero-order valence-corrected chi connectivity index (χ0v) is 11.3. The molecular weight excluding hydrogens is 244 g/mol. The van der Waals surface area contributed by atoms with Crippen LogP contribution in [0.15, 0.2) is 30.3 Å². The first-order valence-corrected chi connectivity index (χ1v) is 6.25. The van der Waals surface area contributed by atoms with Crippen molar-refractivity contribution in [2.24, 2.45) is 0 Å². The zero-order chi connectivity index (χ0) is 14.3. The maximum Gasteiger partial charge on any atom is 0.315 e. The Kier molecular flexibility index (Phi) is 5.36. The molecule has 0 saturated carbocycles. The highest BCUT2D eigenvalue weighted by Gasteiger charge is 2.22. The number of amides is 2. The van der Waals surface area contributed by atoms with Crippen molar-refractivity contribution in [2.75, 3.05) is 6.54 Å². The Bertz CT molecular complexity index is 430. The molecule has 0 fully saturated rings. The number of carbonyl (C=O) groups is 2. The number of urea groups is 1. The van der Waals surface area contributed by atoms with Crippen LogP contribution < -0.4 is 10.6 Å². The third kappa shape index (κ3) is 5.42. The van der Waals surface area contributed by atoms with Gasteiger partial charge in [-0.25, -0.2) is 4.79 Å². The first-order valence-electron chi connectivity index (χ1n) is 6.25. The Morgan fingerprint density at radius 3 is 2.42 bits per heavy atom. The lowest BCUT2D eigenvalue weighted by molar-refractivity contribution is -0.137. The monoisotopic (exact) mass is 264 g/mol. The molecule has 3 N–H and O–H groups in total. The van der Waals surface area contributed by atoms with Crippen LogP contribution in [0.2, 0.25) is 0 Å². The second kappa shape index (κ2) is 6.78. The standard InChI is InChI=1S/C14H20N2O3/c1-14(2,11-7-4-3-5-8-11)16-13(19)15-10-6-9-12(17)18/h3-5,7-8H,6,9-10H2,1-2H3,(H,17,18)(H2,15,16,19). The molecule has 0 unspecified atom stereocenters. The Morgan fingerprint density at radius 1 is 1.21 bits per heavy atom. The molecule has 0 aliphatic rings. The van der Waals surface area contributed by atoms with E-state index in [1.165, 1.54) is 0 Å². The largest absolute Gasteiger partial charge is 0.481 e. The van der Waals surface area contributed by atoms with Crippen molar-refractivity contribution in [3.05, 3.63) is 35.9 Å². The summed E-state index contributed by atoms with van der Waals surface area (Å²) in [5, 5.41) is 14.0. The Hall–Kier alpha value is -2.04. The zero-order valence-electron chi connectivity index (χ0n) is 11.3. The predicted octanol–water partition coefficient (Wildman–Crippen LogP) is 2.09. The van der Waals surface area contributed by atoms with Gasteiger partial charge in [-0.1, -0.05) is 30.3 Å². The summed E-state index contributed by atoms with van der Waals surface area (Å²) in [4.78, 5) is 22.0. The predicted molar refractivity (Wildman–Crippen MR) is 72.9 cm³/mol. The van der Waals surface area contributed by atoms with E-state index in [1.807, 2.05) is 44.2 Å². The molecule has 1 rings (SSSR count). The summed E-state index contributed by atoms with van der Waals surface area (Å²) in [5.74, 6) is -0.855. The number of carbonyl (C=O) groups excluding carboxylic acids is 1. The van der Waals surface area contributed by atoms with Crippen molar-refractivity contribution in [1.82, 2.24) is 10.6 Å². The van der Waals surface area contributed by atoms with Gasteiger partial charge in [0.25, 0.3) is 0 Å². The van der Waals surface area contributed by atoms with Crippen LogP contribution >= 0.6 is 0 Å². The molecule has 19 heavy (non-hydrogen) atoms. The molecule has 5 heteroatoms. The first kappa shape index (κ1) is 15.0. The minimum absolute atomic E-state index is 0.0579. The topological polar surface area (TPSA) is 78.4 Å². The number of benzene rings is 1. The van der Waals surface area contributed by atoms with E-state index < -0.39 is 11.5 Å². The van der Waals surface area contributed by atoms with E-state index in [9.17, 15) is 9.59 Å². The number of nitrogens with one attached hydrogen (secondary N) is 2. The lowest BCUT2D eigenvalue weighted by atomic mass is 9.95. The SMILES string of the molecule is CC(C)(NC(=O)NCCCC(=O)O)c1ccccc1. The fraction of sp³-hybridized carbons (Fsp3) is 0.429. The van der Waals surface area contributed by atoms with Crippen molar-refractivity contribution in [1.29, 1.82) is 0 Å². The van der Waals surface area contributed by atoms with Crippen molar-refractivity contribution in [3.63, 3.8) is 0 Å². The number of rotatable bonds is 6. The van der Waals surface area contributed by atoms with Gasteiger partial charge in [-0.2, -0.15) is 0 Å². The molecular formula is C14H20N2O3. The maximum atomic E-state index is 11.7. The average molecular weight is 264 g/mol.